The molecule has 0 aromatic carbocycles. The van der Waals surface area contributed by atoms with E-state index in [0.29, 0.717) is 0 Å². The van der Waals surface area contributed by atoms with Gasteiger partial charge in [-0.15, -0.1) is 0 Å². The molecule has 0 amide bonds. The number of hydrogen-bond acceptors (Lipinski definition) is 3. The largest absolute Gasteiger partial charge is 1.00 e. The summed E-state index contributed by atoms with van der Waals surface area (Å²) in [6.45, 7) is 6.34. The van der Waals surface area contributed by atoms with Crippen molar-refractivity contribution in [3.05, 3.63) is 0 Å². The summed E-state index contributed by atoms with van der Waals surface area (Å²) >= 11 is 1.52. The SMILES string of the molecule is C[Si](C)(C)SCC(=O)[O-].[Na+]. The molecule has 54 valence electrons. The molecule has 0 radical (unpaired) electrons. The fourth-order valence-electron chi connectivity index (χ4n) is 0.275. The zero-order chi connectivity index (χ0) is 7.49. The van der Waals surface area contributed by atoms with E-state index in [0.717, 1.165) is 0 Å². The van der Waals surface area contributed by atoms with E-state index in [1.165, 1.54) is 11.2 Å². The van der Waals surface area contributed by atoms with Crippen molar-refractivity contribution in [2.75, 3.05) is 5.75 Å². The Morgan fingerprint density at radius 1 is 1.50 bits per heavy atom. The van der Waals surface area contributed by atoms with Crippen molar-refractivity contribution in [3.8, 4) is 0 Å². The number of carbonyl (C=O) groups excluding carboxylic acids is 1. The van der Waals surface area contributed by atoms with Crippen LogP contribution in [0, 0.1) is 0 Å². The summed E-state index contributed by atoms with van der Waals surface area (Å²) in [5.41, 5.74) is 0. The van der Waals surface area contributed by atoms with Crippen LogP contribution in [0.5, 0.6) is 0 Å². The molecular formula is C5H11NaO2SSi. The fourth-order valence-corrected chi connectivity index (χ4v) is 2.48. The second-order valence-electron chi connectivity index (χ2n) is 2.77. The summed E-state index contributed by atoms with van der Waals surface area (Å²) in [4.78, 5) is 9.94. The molecule has 0 aliphatic rings. The van der Waals surface area contributed by atoms with E-state index in [-0.39, 0.29) is 35.3 Å². The molecule has 0 aliphatic heterocycles. The molecule has 0 saturated carbocycles. The second kappa shape index (κ2) is 5.66. The zero-order valence-corrected chi connectivity index (χ0v) is 10.7. The Morgan fingerprint density at radius 2 is 1.90 bits per heavy atom. The van der Waals surface area contributed by atoms with Crippen LogP contribution in [0.3, 0.4) is 0 Å². The van der Waals surface area contributed by atoms with Crippen LogP contribution in [0.25, 0.3) is 0 Å². The van der Waals surface area contributed by atoms with Crippen molar-refractivity contribution in [3.63, 3.8) is 0 Å². The predicted molar refractivity (Wildman–Crippen MR) is 40.8 cm³/mol. The average Bonchev–Trinajstić information content (AvgIpc) is 1.59. The monoisotopic (exact) mass is 186 g/mol. The Labute approximate surface area is 88.7 Å². The van der Waals surface area contributed by atoms with Crippen LogP contribution in [-0.2, 0) is 4.79 Å². The summed E-state index contributed by atoms with van der Waals surface area (Å²) in [6.07, 6.45) is 0. The topological polar surface area (TPSA) is 40.1 Å². The van der Waals surface area contributed by atoms with Gasteiger partial charge in [0.15, 0.2) is 0 Å². The average molecular weight is 186 g/mol. The molecule has 2 nitrogen and oxygen atoms in total. The Bertz CT molecular complexity index is 113. The standard InChI is InChI=1S/C5H12O2SSi.Na/c1-9(2,3)8-4-5(6)7;/h4H2,1-3H3,(H,6,7);/q;+1/p-1. The van der Waals surface area contributed by atoms with Crippen LogP contribution in [-0.4, -0.2) is 18.9 Å². The molecule has 0 fully saturated rings. The number of carbonyl (C=O) groups is 1. The van der Waals surface area contributed by atoms with Crippen LogP contribution in [0.15, 0.2) is 0 Å². The fraction of sp³-hybridized carbons (Fsp3) is 0.800. The van der Waals surface area contributed by atoms with Gasteiger partial charge in [0.2, 0.25) is 0 Å². The van der Waals surface area contributed by atoms with Crippen LogP contribution in [0.1, 0.15) is 0 Å². The van der Waals surface area contributed by atoms with Gasteiger partial charge < -0.3 is 9.90 Å². The molecule has 0 saturated heterocycles. The molecule has 0 spiro atoms. The summed E-state index contributed by atoms with van der Waals surface area (Å²) < 4.78 is 0. The number of aliphatic carboxylic acids is 1. The van der Waals surface area contributed by atoms with Crippen LogP contribution < -0.4 is 34.7 Å². The first-order valence-electron chi connectivity index (χ1n) is 2.75. The van der Waals surface area contributed by atoms with Gasteiger partial charge in [-0.25, -0.2) is 0 Å². The molecule has 0 unspecified atom stereocenters. The smallest absolute Gasteiger partial charge is 0.549 e. The van der Waals surface area contributed by atoms with E-state index in [4.69, 9.17) is 0 Å². The zero-order valence-electron chi connectivity index (χ0n) is 6.93. The van der Waals surface area contributed by atoms with Gasteiger partial charge in [0.25, 0.3) is 0 Å². The minimum Gasteiger partial charge on any atom is -0.549 e. The first kappa shape index (κ1) is 13.6. The van der Waals surface area contributed by atoms with Crippen LogP contribution in [0.4, 0.5) is 0 Å². The predicted octanol–water partition coefficient (Wildman–Crippen LogP) is -2.69. The summed E-state index contributed by atoms with van der Waals surface area (Å²) in [7, 11) is -1.22. The first-order chi connectivity index (χ1) is 3.92. The minimum atomic E-state index is -1.22. The molecule has 0 N–H and O–H groups in total. The summed E-state index contributed by atoms with van der Waals surface area (Å²) in [5, 5.41) is 9.94. The van der Waals surface area contributed by atoms with Crippen LogP contribution in [0.2, 0.25) is 19.6 Å². The Morgan fingerprint density at radius 3 is 2.00 bits per heavy atom. The molecule has 0 bridgehead atoms. The molecule has 10 heavy (non-hydrogen) atoms. The van der Waals surface area contributed by atoms with Gasteiger partial charge >= 0.3 is 29.6 Å². The second-order valence-corrected chi connectivity index (χ2v) is 12.1. The maximum Gasteiger partial charge on any atom is 1.00 e. The van der Waals surface area contributed by atoms with Gasteiger partial charge in [-0.05, 0) is 0 Å². The van der Waals surface area contributed by atoms with Gasteiger partial charge in [0, 0.05) is 5.75 Å². The molecule has 0 aliphatic carbocycles. The Kier molecular flexibility index (Phi) is 7.70. The number of rotatable bonds is 3. The molecule has 0 aromatic rings. The quantitative estimate of drug-likeness (QED) is 0.451. The van der Waals surface area contributed by atoms with Crippen molar-refractivity contribution in [1.29, 1.82) is 0 Å². The van der Waals surface area contributed by atoms with Crippen molar-refractivity contribution < 1.29 is 39.5 Å². The van der Waals surface area contributed by atoms with E-state index in [9.17, 15) is 9.90 Å². The maximum absolute atomic E-state index is 9.94. The molecule has 0 rings (SSSR count). The number of hydrogen-bond donors (Lipinski definition) is 0. The van der Waals surface area contributed by atoms with Crippen molar-refractivity contribution >= 4 is 24.4 Å². The third-order valence-corrected chi connectivity index (χ3v) is 4.90. The number of carboxylic acids is 1. The third-order valence-electron chi connectivity index (χ3n) is 0.623. The van der Waals surface area contributed by atoms with E-state index in [1.807, 2.05) is 0 Å². The molecule has 0 heterocycles. The molecular weight excluding hydrogens is 175 g/mol. The van der Waals surface area contributed by atoms with E-state index in [1.54, 1.807) is 0 Å². The molecule has 5 heteroatoms. The first-order valence-corrected chi connectivity index (χ1v) is 7.96. The van der Waals surface area contributed by atoms with Crippen LogP contribution >= 0.6 is 11.2 Å². The van der Waals surface area contributed by atoms with Gasteiger partial charge in [-0.2, -0.15) is 11.2 Å². The van der Waals surface area contributed by atoms with Crippen molar-refractivity contribution in [2.24, 2.45) is 0 Å². The van der Waals surface area contributed by atoms with Gasteiger partial charge in [0.05, 0.1) is 5.97 Å². The summed E-state index contributed by atoms with van der Waals surface area (Å²) in [6, 6.07) is 0. The van der Waals surface area contributed by atoms with E-state index in [2.05, 4.69) is 19.6 Å². The van der Waals surface area contributed by atoms with Gasteiger partial charge in [-0.1, -0.05) is 19.6 Å². The van der Waals surface area contributed by atoms with Gasteiger partial charge in [-0.3, -0.25) is 0 Å². The van der Waals surface area contributed by atoms with E-state index >= 15 is 0 Å². The Hall–Kier alpha value is 1.04. The van der Waals surface area contributed by atoms with Crippen molar-refractivity contribution in [2.45, 2.75) is 19.6 Å². The molecule has 0 atom stereocenters. The Balaban J connectivity index is 0. The van der Waals surface area contributed by atoms with E-state index < -0.39 is 13.2 Å². The number of carboxylic acid groups (broad SMARTS) is 1. The minimum absolute atomic E-state index is 0. The normalized spacial score (nSPS) is 10.3. The summed E-state index contributed by atoms with van der Waals surface area (Å²) in [5.74, 6) is -0.808. The van der Waals surface area contributed by atoms with Crippen molar-refractivity contribution in [1.82, 2.24) is 0 Å². The maximum atomic E-state index is 9.94. The molecule has 0 aromatic heterocycles. The van der Waals surface area contributed by atoms with Gasteiger partial charge in [0.1, 0.15) is 7.22 Å². The third kappa shape index (κ3) is 11.8.